The van der Waals surface area contributed by atoms with Crippen LogP contribution < -0.4 is 5.32 Å². The Kier molecular flexibility index (Phi) is 4.60. The Hall–Kier alpha value is -1.24. The first-order valence-electron chi connectivity index (χ1n) is 4.61. The summed E-state index contributed by atoms with van der Waals surface area (Å²) in [5, 5.41) is 10.5. The number of amides is 1. The number of carbonyl (C=O) groups excluding carboxylic acids is 1. The number of hydrogen-bond acceptors (Lipinski definition) is 4. The quantitative estimate of drug-likeness (QED) is 0.755. The molecule has 0 spiro atoms. The van der Waals surface area contributed by atoms with Crippen molar-refractivity contribution in [3.8, 4) is 0 Å². The zero-order valence-electron chi connectivity index (χ0n) is 8.67. The third kappa shape index (κ3) is 3.41. The van der Waals surface area contributed by atoms with Crippen molar-refractivity contribution in [2.45, 2.75) is 12.2 Å². The van der Waals surface area contributed by atoms with Gasteiger partial charge in [-0.25, -0.2) is 0 Å². The van der Waals surface area contributed by atoms with Crippen molar-refractivity contribution < 1.29 is 18.7 Å². The molecule has 1 rings (SSSR count). The molecule has 2 N–H and O–H groups in total. The molecule has 16 heavy (non-hydrogen) atoms. The largest absolute Gasteiger partial charge is 0.772 e. The van der Waals surface area contributed by atoms with E-state index in [4.69, 9.17) is 5.11 Å². The van der Waals surface area contributed by atoms with Gasteiger partial charge in [-0.15, -0.1) is 0 Å². The molecule has 6 heteroatoms. The monoisotopic (exact) mass is 242 g/mol. The smallest absolute Gasteiger partial charge is 0.221 e. The second-order valence-corrected chi connectivity index (χ2v) is 4.32. The van der Waals surface area contributed by atoms with E-state index in [0.29, 0.717) is 11.3 Å². The van der Waals surface area contributed by atoms with Crippen molar-refractivity contribution in [2.24, 2.45) is 0 Å². The molecule has 0 bridgehead atoms. The van der Waals surface area contributed by atoms with E-state index < -0.39 is 22.9 Å². The number of aliphatic hydroxyl groups is 1. The van der Waals surface area contributed by atoms with Gasteiger partial charge >= 0.3 is 0 Å². The Labute approximate surface area is 95.8 Å². The highest BCUT2D eigenvalue weighted by Crippen LogP contribution is 2.20. The van der Waals surface area contributed by atoms with Crippen LogP contribution in [0.1, 0.15) is 17.7 Å². The molecule has 0 saturated heterocycles. The molecule has 0 saturated carbocycles. The highest BCUT2D eigenvalue weighted by molar-refractivity contribution is 7.79. The molecule has 0 heterocycles. The Balaban J connectivity index is 2.85. The minimum atomic E-state index is -2.36. The van der Waals surface area contributed by atoms with Gasteiger partial charge in [0.1, 0.15) is 0 Å². The lowest BCUT2D eigenvalue weighted by molar-refractivity contribution is -0.114. The van der Waals surface area contributed by atoms with Crippen molar-refractivity contribution in [3.05, 3.63) is 29.8 Å². The SMILES string of the molecule is CC(=O)Nc1ccc(C(CO)S(=O)[O-])cc1. The molecule has 88 valence electrons. The Morgan fingerprint density at radius 3 is 2.44 bits per heavy atom. The van der Waals surface area contributed by atoms with E-state index in [-0.39, 0.29) is 5.91 Å². The molecular weight excluding hydrogens is 230 g/mol. The maximum absolute atomic E-state index is 10.8. The summed E-state index contributed by atoms with van der Waals surface area (Å²) in [5.74, 6) is -0.196. The van der Waals surface area contributed by atoms with Crippen LogP contribution in [0.4, 0.5) is 5.69 Å². The molecule has 1 amide bonds. The molecule has 1 aromatic carbocycles. The predicted molar refractivity (Wildman–Crippen MR) is 59.5 cm³/mol. The van der Waals surface area contributed by atoms with Crippen LogP contribution in [0.5, 0.6) is 0 Å². The number of rotatable bonds is 4. The van der Waals surface area contributed by atoms with Crippen molar-refractivity contribution in [2.75, 3.05) is 11.9 Å². The van der Waals surface area contributed by atoms with Crippen LogP contribution in [0, 0.1) is 0 Å². The van der Waals surface area contributed by atoms with Gasteiger partial charge in [0.05, 0.1) is 11.9 Å². The molecule has 0 aliphatic carbocycles. The average molecular weight is 242 g/mol. The molecule has 0 aliphatic heterocycles. The van der Waals surface area contributed by atoms with Gasteiger partial charge in [0.2, 0.25) is 5.91 Å². The standard InChI is InChI=1S/C10H13NO4S/c1-7(13)11-9-4-2-8(3-5-9)10(6-12)16(14)15/h2-5,10,12H,6H2,1H3,(H,11,13)(H,14,15)/p-1. The molecule has 0 radical (unpaired) electrons. The molecule has 0 aromatic heterocycles. The van der Waals surface area contributed by atoms with Crippen LogP contribution in [-0.4, -0.2) is 26.4 Å². The number of carbonyl (C=O) groups is 1. The summed E-state index contributed by atoms with van der Waals surface area (Å²) in [6.07, 6.45) is 0. The summed E-state index contributed by atoms with van der Waals surface area (Å²) >= 11 is -2.36. The van der Waals surface area contributed by atoms with E-state index in [2.05, 4.69) is 5.32 Å². The highest BCUT2D eigenvalue weighted by atomic mass is 32.2. The zero-order valence-corrected chi connectivity index (χ0v) is 9.49. The first kappa shape index (κ1) is 12.8. The average Bonchev–Trinajstić information content (AvgIpc) is 2.20. The normalized spacial score (nSPS) is 14.2. The fourth-order valence-electron chi connectivity index (χ4n) is 1.26. The van der Waals surface area contributed by atoms with Crippen molar-refractivity contribution in [1.29, 1.82) is 0 Å². The minimum absolute atomic E-state index is 0.196. The molecule has 0 fully saturated rings. The summed E-state index contributed by atoms with van der Waals surface area (Å²) < 4.78 is 21.5. The highest BCUT2D eigenvalue weighted by Gasteiger charge is 2.10. The fraction of sp³-hybridized carbons (Fsp3) is 0.300. The minimum Gasteiger partial charge on any atom is -0.772 e. The van der Waals surface area contributed by atoms with E-state index in [1.807, 2.05) is 0 Å². The molecule has 0 aliphatic rings. The summed E-state index contributed by atoms with van der Waals surface area (Å²) in [6.45, 7) is 0.923. The lowest BCUT2D eigenvalue weighted by Gasteiger charge is -2.17. The Bertz CT molecular complexity index is 390. The third-order valence-corrected chi connectivity index (χ3v) is 2.89. The van der Waals surface area contributed by atoms with Crippen LogP contribution in [-0.2, 0) is 15.9 Å². The number of hydrogen-bond donors (Lipinski definition) is 2. The van der Waals surface area contributed by atoms with Gasteiger partial charge in [0.25, 0.3) is 0 Å². The van der Waals surface area contributed by atoms with Crippen LogP contribution in [0.25, 0.3) is 0 Å². The van der Waals surface area contributed by atoms with Gasteiger partial charge < -0.3 is 15.0 Å². The van der Waals surface area contributed by atoms with Crippen LogP contribution in [0.3, 0.4) is 0 Å². The van der Waals surface area contributed by atoms with Gasteiger partial charge in [0.15, 0.2) is 0 Å². The van der Waals surface area contributed by atoms with Crippen molar-refractivity contribution >= 4 is 22.7 Å². The fourth-order valence-corrected chi connectivity index (χ4v) is 1.76. The summed E-state index contributed by atoms with van der Waals surface area (Å²) in [5.41, 5.74) is 1.08. The maximum Gasteiger partial charge on any atom is 0.221 e. The molecule has 2 unspecified atom stereocenters. The van der Waals surface area contributed by atoms with E-state index in [1.165, 1.54) is 6.92 Å². The lowest BCUT2D eigenvalue weighted by Crippen LogP contribution is -2.11. The predicted octanol–water partition coefficient (Wildman–Crippen LogP) is 0.557. The van der Waals surface area contributed by atoms with Gasteiger partial charge in [-0.3, -0.25) is 9.00 Å². The lowest BCUT2D eigenvalue weighted by atomic mass is 10.1. The van der Waals surface area contributed by atoms with E-state index in [0.717, 1.165) is 0 Å². The van der Waals surface area contributed by atoms with Gasteiger partial charge in [-0.05, 0) is 28.8 Å². The van der Waals surface area contributed by atoms with Crippen LogP contribution in [0.15, 0.2) is 24.3 Å². The van der Waals surface area contributed by atoms with Crippen LogP contribution >= 0.6 is 0 Å². The summed E-state index contributed by atoms with van der Waals surface area (Å²) in [4.78, 5) is 10.7. The first-order chi connectivity index (χ1) is 7.54. The first-order valence-corrected chi connectivity index (χ1v) is 5.75. The number of anilines is 1. The Morgan fingerprint density at radius 1 is 1.50 bits per heavy atom. The Morgan fingerprint density at radius 2 is 2.06 bits per heavy atom. The van der Waals surface area contributed by atoms with E-state index in [1.54, 1.807) is 24.3 Å². The third-order valence-electron chi connectivity index (χ3n) is 2.00. The van der Waals surface area contributed by atoms with Gasteiger partial charge in [0, 0.05) is 12.6 Å². The van der Waals surface area contributed by atoms with Gasteiger partial charge in [-0.1, -0.05) is 12.1 Å². The van der Waals surface area contributed by atoms with Gasteiger partial charge in [-0.2, -0.15) is 0 Å². The second kappa shape index (κ2) is 5.74. The second-order valence-electron chi connectivity index (χ2n) is 3.23. The molecular formula is C10H12NO4S-. The zero-order chi connectivity index (χ0) is 12.1. The van der Waals surface area contributed by atoms with E-state index in [9.17, 15) is 13.6 Å². The summed E-state index contributed by atoms with van der Waals surface area (Å²) in [6, 6.07) is 6.29. The molecule has 1 aromatic rings. The number of aliphatic hydroxyl groups excluding tert-OH is 1. The number of benzene rings is 1. The van der Waals surface area contributed by atoms with Crippen molar-refractivity contribution in [3.63, 3.8) is 0 Å². The molecule has 2 atom stereocenters. The van der Waals surface area contributed by atoms with Crippen molar-refractivity contribution in [1.82, 2.24) is 0 Å². The number of nitrogens with one attached hydrogen (secondary N) is 1. The summed E-state index contributed by atoms with van der Waals surface area (Å²) in [7, 11) is 0. The topological polar surface area (TPSA) is 89.5 Å². The van der Waals surface area contributed by atoms with E-state index >= 15 is 0 Å². The maximum atomic E-state index is 10.8. The molecule has 5 nitrogen and oxygen atoms in total. The van der Waals surface area contributed by atoms with Crippen LogP contribution in [0.2, 0.25) is 0 Å².